The number of amides is 1. The predicted molar refractivity (Wildman–Crippen MR) is 141 cm³/mol. The van der Waals surface area contributed by atoms with Crippen LogP contribution in [0.1, 0.15) is 16.1 Å². The molecule has 1 N–H and O–H groups in total. The van der Waals surface area contributed by atoms with Crippen LogP contribution < -0.4 is 20.5 Å². The number of alkyl halides is 2. The molecule has 2 aromatic carbocycles. The topological polar surface area (TPSA) is 112 Å². The average Bonchev–Trinajstić information content (AvgIpc) is 3.68. The second kappa shape index (κ2) is 9.50. The monoisotopic (exact) mass is 568 g/mol. The Morgan fingerprint density at radius 2 is 1.82 bits per heavy atom. The first-order valence-electron chi connectivity index (χ1n) is 12.6. The number of nitrogens with one attached hydrogen (secondary N) is 1. The van der Waals surface area contributed by atoms with Crippen molar-refractivity contribution in [1.29, 1.82) is 0 Å². The maximum Gasteiger partial charge on any atom is 0.586 e. The van der Waals surface area contributed by atoms with Crippen LogP contribution >= 0.6 is 11.3 Å². The van der Waals surface area contributed by atoms with Crippen molar-refractivity contribution < 1.29 is 27.8 Å². The summed E-state index contributed by atoms with van der Waals surface area (Å²) in [6.07, 6.45) is -3.49. The lowest BCUT2D eigenvalue weighted by molar-refractivity contribution is -0.286. The number of ether oxygens (including phenoxy) is 3. The third kappa shape index (κ3) is 4.43. The van der Waals surface area contributed by atoms with Gasteiger partial charge in [0.15, 0.2) is 16.6 Å². The molecule has 0 atom stereocenters. The average molecular weight is 569 g/mol. The number of aromatic nitrogens is 3. The van der Waals surface area contributed by atoms with Crippen LogP contribution in [0.4, 0.5) is 14.5 Å². The van der Waals surface area contributed by atoms with Crippen LogP contribution in [0.3, 0.4) is 0 Å². The van der Waals surface area contributed by atoms with Crippen LogP contribution in [-0.2, 0) is 17.7 Å². The molecular formula is C26H22F2N6O5S. The van der Waals surface area contributed by atoms with Crippen LogP contribution in [0.15, 0.2) is 51.6 Å². The molecule has 0 aliphatic carbocycles. The van der Waals surface area contributed by atoms with Gasteiger partial charge in [0.05, 0.1) is 29.9 Å². The number of halogens is 2. The van der Waals surface area contributed by atoms with E-state index in [2.05, 4.69) is 29.7 Å². The summed E-state index contributed by atoms with van der Waals surface area (Å²) in [4.78, 5) is 37.6. The van der Waals surface area contributed by atoms with Crippen LogP contribution in [0.5, 0.6) is 11.5 Å². The summed E-state index contributed by atoms with van der Waals surface area (Å²) in [5.74, 6) is -0.351. The van der Waals surface area contributed by atoms with Gasteiger partial charge in [0, 0.05) is 44.0 Å². The minimum absolute atomic E-state index is 0.0785. The fourth-order valence-electron chi connectivity index (χ4n) is 5.05. The normalized spacial score (nSPS) is 17.7. The highest BCUT2D eigenvalue weighted by atomic mass is 32.1. The lowest BCUT2D eigenvalue weighted by Gasteiger charge is -2.26. The first-order chi connectivity index (χ1) is 19.3. The van der Waals surface area contributed by atoms with Gasteiger partial charge in [-0.15, -0.1) is 20.1 Å². The molecule has 2 aromatic heterocycles. The van der Waals surface area contributed by atoms with E-state index in [1.807, 2.05) is 24.3 Å². The second-order valence-corrected chi connectivity index (χ2v) is 10.3. The van der Waals surface area contributed by atoms with Crippen LogP contribution in [0.2, 0.25) is 0 Å². The standard InChI is InChI=1S/C26H22F2N6O5S/c27-26(28)38-20-11-15-12-22(29-16(15)13-21(20)39-26)31-23(35)17-14-40-24(30-17)34-19-4-2-1-3-18(19)33(25(34)36)6-5-32-7-9-37-10-8-32/h1-4,11,13-14H,5-10,12H2,(H,29,31,35). The van der Waals surface area contributed by atoms with Gasteiger partial charge in [-0.1, -0.05) is 12.1 Å². The Morgan fingerprint density at radius 3 is 2.62 bits per heavy atom. The van der Waals surface area contributed by atoms with Gasteiger partial charge < -0.3 is 19.5 Å². The van der Waals surface area contributed by atoms with Gasteiger partial charge in [0.25, 0.3) is 5.91 Å². The molecule has 3 aliphatic heterocycles. The quantitative estimate of drug-likeness (QED) is 0.394. The fraction of sp³-hybridized carbons (Fsp3) is 0.308. The number of thiazole rings is 1. The number of carbonyl (C=O) groups excluding carboxylic acids is 1. The molecule has 1 fully saturated rings. The number of aliphatic imine (C=N–C) groups is 1. The van der Waals surface area contributed by atoms with Crippen molar-refractivity contribution in [2.45, 2.75) is 19.3 Å². The van der Waals surface area contributed by atoms with Gasteiger partial charge >= 0.3 is 12.0 Å². The summed E-state index contributed by atoms with van der Waals surface area (Å²) in [5.41, 5.74) is 2.42. The smallest absolute Gasteiger partial charge is 0.395 e. The molecule has 206 valence electrons. The lowest BCUT2D eigenvalue weighted by atomic mass is 10.1. The lowest BCUT2D eigenvalue weighted by Crippen LogP contribution is -2.39. The Kier molecular flexibility index (Phi) is 5.91. The van der Waals surface area contributed by atoms with Gasteiger partial charge in [-0.3, -0.25) is 14.3 Å². The molecule has 0 spiro atoms. The van der Waals surface area contributed by atoms with E-state index in [4.69, 9.17) is 4.74 Å². The molecule has 14 heteroatoms. The molecule has 3 aliphatic rings. The molecule has 11 nitrogen and oxygen atoms in total. The van der Waals surface area contributed by atoms with Gasteiger partial charge in [0.2, 0.25) is 0 Å². The summed E-state index contributed by atoms with van der Waals surface area (Å²) in [6.45, 7) is 4.26. The number of para-hydroxylation sites is 2. The number of nitrogens with zero attached hydrogens (tertiary/aromatic N) is 5. The highest BCUT2D eigenvalue weighted by Crippen LogP contribution is 2.45. The number of amidine groups is 1. The highest BCUT2D eigenvalue weighted by Gasteiger charge is 2.44. The van der Waals surface area contributed by atoms with E-state index in [0.29, 0.717) is 47.5 Å². The van der Waals surface area contributed by atoms with Crippen molar-refractivity contribution in [1.82, 2.24) is 24.3 Å². The minimum atomic E-state index is -3.71. The zero-order valence-corrected chi connectivity index (χ0v) is 21.7. The van der Waals surface area contributed by atoms with Gasteiger partial charge in [-0.2, -0.15) is 0 Å². The van der Waals surface area contributed by atoms with Crippen LogP contribution in [0, 0.1) is 0 Å². The maximum atomic E-state index is 13.5. The number of carbonyl (C=O) groups is 1. The maximum absolute atomic E-state index is 13.5. The van der Waals surface area contributed by atoms with Gasteiger partial charge in [-0.05, 0) is 23.8 Å². The van der Waals surface area contributed by atoms with E-state index in [9.17, 15) is 18.4 Å². The molecule has 5 heterocycles. The molecule has 1 amide bonds. The van der Waals surface area contributed by atoms with E-state index in [0.717, 1.165) is 25.2 Å². The number of hydrogen-bond acceptors (Lipinski definition) is 9. The molecule has 4 aromatic rings. The van der Waals surface area contributed by atoms with Crippen molar-refractivity contribution in [3.63, 3.8) is 0 Å². The van der Waals surface area contributed by atoms with Crippen molar-refractivity contribution in [2.75, 3.05) is 32.8 Å². The summed E-state index contributed by atoms with van der Waals surface area (Å²) in [6, 6.07) is 10.3. The van der Waals surface area contributed by atoms with Crippen molar-refractivity contribution >= 4 is 39.8 Å². The van der Waals surface area contributed by atoms with E-state index in [1.54, 1.807) is 9.95 Å². The number of benzene rings is 2. The zero-order chi connectivity index (χ0) is 27.4. The first-order valence-corrected chi connectivity index (χ1v) is 13.5. The number of rotatable bonds is 5. The summed E-state index contributed by atoms with van der Waals surface area (Å²) in [7, 11) is 0. The molecule has 0 radical (unpaired) electrons. The van der Waals surface area contributed by atoms with Crippen molar-refractivity contribution in [3.05, 3.63) is 63.5 Å². The number of hydrogen-bond donors (Lipinski definition) is 1. The molecule has 0 unspecified atom stereocenters. The third-order valence-electron chi connectivity index (χ3n) is 6.97. The first kappa shape index (κ1) is 24.9. The predicted octanol–water partition coefficient (Wildman–Crippen LogP) is 2.92. The summed E-state index contributed by atoms with van der Waals surface area (Å²) in [5, 5.41) is 4.68. The third-order valence-corrected chi connectivity index (χ3v) is 7.79. The zero-order valence-electron chi connectivity index (χ0n) is 20.9. The number of imidazole rings is 1. The Hall–Kier alpha value is -4.14. The Labute approximate surface area is 229 Å². The Morgan fingerprint density at radius 1 is 1.07 bits per heavy atom. The minimum Gasteiger partial charge on any atom is -0.395 e. The van der Waals surface area contributed by atoms with Crippen LogP contribution in [-0.4, -0.2) is 69.9 Å². The Bertz CT molecular complexity index is 1740. The summed E-state index contributed by atoms with van der Waals surface area (Å²) >= 11 is 1.19. The molecule has 0 saturated carbocycles. The van der Waals surface area contributed by atoms with Gasteiger partial charge in [0.1, 0.15) is 11.5 Å². The van der Waals surface area contributed by atoms with E-state index < -0.39 is 12.2 Å². The molecular weight excluding hydrogens is 546 g/mol. The molecule has 40 heavy (non-hydrogen) atoms. The van der Waals surface area contributed by atoms with Crippen molar-refractivity contribution in [2.24, 2.45) is 4.99 Å². The highest BCUT2D eigenvalue weighted by molar-refractivity contribution is 7.12. The molecule has 7 rings (SSSR count). The number of morpholine rings is 1. The van der Waals surface area contributed by atoms with E-state index >= 15 is 0 Å². The van der Waals surface area contributed by atoms with E-state index in [1.165, 1.54) is 28.0 Å². The van der Waals surface area contributed by atoms with Gasteiger partial charge in [-0.25, -0.2) is 19.3 Å². The van der Waals surface area contributed by atoms with E-state index in [-0.39, 0.29) is 29.3 Å². The second-order valence-electron chi connectivity index (χ2n) is 9.51. The van der Waals surface area contributed by atoms with Crippen molar-refractivity contribution in [3.8, 4) is 16.6 Å². The SMILES string of the molecule is O=C(NC1=Nc2cc3c(cc2C1)OC(F)(F)O3)c1csc(-n2c(=O)n(CCN3CCOCC3)c3ccccc32)n1. The molecule has 0 bridgehead atoms. The fourth-order valence-corrected chi connectivity index (χ4v) is 5.86. The number of fused-ring (bicyclic) bond motifs is 3. The van der Waals surface area contributed by atoms with Crippen LogP contribution in [0.25, 0.3) is 16.2 Å². The Balaban J connectivity index is 1.10. The largest absolute Gasteiger partial charge is 0.586 e. The summed E-state index contributed by atoms with van der Waals surface area (Å²) < 4.78 is 44.3. The molecule has 1 saturated heterocycles.